The molecule has 3 rings (SSSR count). The van der Waals surface area contributed by atoms with Gasteiger partial charge in [-0.25, -0.2) is 0 Å². The number of nitrogens with zero attached hydrogens (tertiary/aromatic N) is 1. The van der Waals surface area contributed by atoms with Crippen LogP contribution in [0.5, 0.6) is 11.5 Å². The summed E-state index contributed by atoms with van der Waals surface area (Å²) in [4.78, 5) is 13.2. The quantitative estimate of drug-likeness (QED) is 0.824. The molecule has 1 fully saturated rings. The fourth-order valence-corrected chi connectivity index (χ4v) is 3.00. The highest BCUT2D eigenvalue weighted by molar-refractivity contribution is 6.30. The topological polar surface area (TPSA) is 64.8 Å². The van der Waals surface area contributed by atoms with E-state index in [1.807, 2.05) is 37.3 Å². The Morgan fingerprint density at radius 1 is 1.28 bits per heavy atom. The Bertz CT molecular complexity index is 760. The van der Waals surface area contributed by atoms with Crippen LogP contribution in [0.4, 0.5) is 0 Å². The third-order valence-corrected chi connectivity index (χ3v) is 4.24. The van der Waals surface area contributed by atoms with E-state index in [1.165, 1.54) is 5.56 Å². The fourth-order valence-electron chi connectivity index (χ4n) is 2.81. The zero-order valence-corrected chi connectivity index (χ0v) is 14.8. The predicted molar refractivity (Wildman–Crippen MR) is 97.0 cm³/mol. The number of carbonyl (C=O) groups excluding carboxylic acids is 1. The molecule has 0 aliphatic carbocycles. The van der Waals surface area contributed by atoms with Crippen molar-refractivity contribution in [2.75, 3.05) is 19.7 Å². The van der Waals surface area contributed by atoms with E-state index in [9.17, 15) is 4.79 Å². The van der Waals surface area contributed by atoms with Crippen LogP contribution in [0.15, 0.2) is 42.5 Å². The zero-order chi connectivity index (χ0) is 17.8. The van der Waals surface area contributed by atoms with E-state index in [4.69, 9.17) is 26.8 Å². The number of nitrogens with two attached hydrogens (primary N) is 1. The molecular weight excluding hydrogens is 340 g/mol. The molecule has 1 aliphatic heterocycles. The Kier molecular flexibility index (Phi) is 5.46. The molecule has 1 amide bonds. The molecule has 2 aromatic carbocycles. The van der Waals surface area contributed by atoms with Gasteiger partial charge in [0.1, 0.15) is 17.6 Å². The minimum absolute atomic E-state index is 0.145. The number of benzene rings is 2. The van der Waals surface area contributed by atoms with Gasteiger partial charge in [0.15, 0.2) is 6.61 Å². The van der Waals surface area contributed by atoms with Crippen molar-refractivity contribution in [1.82, 2.24) is 4.90 Å². The maximum Gasteiger partial charge on any atom is 0.255 e. The summed E-state index contributed by atoms with van der Waals surface area (Å²) in [5.41, 5.74) is 7.26. The molecule has 2 aromatic rings. The largest absolute Gasteiger partial charge is 0.488 e. The second kappa shape index (κ2) is 7.76. The van der Waals surface area contributed by atoms with Crippen LogP contribution in [-0.4, -0.2) is 36.6 Å². The molecule has 0 atom stereocenters. The van der Waals surface area contributed by atoms with E-state index in [0.29, 0.717) is 17.3 Å². The summed E-state index contributed by atoms with van der Waals surface area (Å²) in [5.74, 6) is 1.03. The predicted octanol–water partition coefficient (Wildman–Crippen LogP) is 2.78. The van der Waals surface area contributed by atoms with Gasteiger partial charge in [-0.1, -0.05) is 23.7 Å². The minimum Gasteiger partial charge on any atom is -0.488 e. The summed E-state index contributed by atoms with van der Waals surface area (Å²) in [6, 6.07) is 13.4. The van der Waals surface area contributed by atoms with Crippen LogP contribution >= 0.6 is 11.6 Å². The van der Waals surface area contributed by atoms with Crippen molar-refractivity contribution in [1.29, 1.82) is 0 Å². The van der Waals surface area contributed by atoms with Crippen molar-refractivity contribution in [3.8, 4) is 11.5 Å². The van der Waals surface area contributed by atoms with Gasteiger partial charge in [0.2, 0.25) is 0 Å². The van der Waals surface area contributed by atoms with Crippen LogP contribution < -0.4 is 15.2 Å². The van der Waals surface area contributed by atoms with Gasteiger partial charge in [-0.05, 0) is 42.8 Å². The third-order valence-electron chi connectivity index (χ3n) is 4.00. The molecule has 5 nitrogen and oxygen atoms in total. The second-order valence-corrected chi connectivity index (χ2v) is 6.69. The molecule has 0 spiro atoms. The van der Waals surface area contributed by atoms with Crippen molar-refractivity contribution in [2.24, 2.45) is 5.73 Å². The molecular formula is C19H21ClN2O3. The van der Waals surface area contributed by atoms with Crippen LogP contribution in [0, 0.1) is 6.92 Å². The number of likely N-dealkylation sites (tertiary alicyclic amines) is 1. The molecule has 25 heavy (non-hydrogen) atoms. The number of rotatable bonds is 7. The van der Waals surface area contributed by atoms with Crippen LogP contribution in [0.2, 0.25) is 5.02 Å². The normalized spacial score (nSPS) is 14.8. The first-order valence-electron chi connectivity index (χ1n) is 8.15. The van der Waals surface area contributed by atoms with Gasteiger partial charge < -0.3 is 15.2 Å². The fraction of sp³-hybridized carbons (Fsp3) is 0.316. The zero-order valence-electron chi connectivity index (χ0n) is 14.1. The van der Waals surface area contributed by atoms with Crippen LogP contribution in [0.25, 0.3) is 0 Å². The number of aryl methyl sites for hydroxylation is 1. The summed E-state index contributed by atoms with van der Waals surface area (Å²) < 4.78 is 11.4. The van der Waals surface area contributed by atoms with Gasteiger partial charge in [-0.3, -0.25) is 9.69 Å². The molecule has 0 aromatic heterocycles. The highest BCUT2D eigenvalue weighted by atomic mass is 35.5. The SMILES string of the molecule is Cc1cccc(OC2CN(Cc3cc(Cl)ccc3OCC(N)=O)C2)c1. The summed E-state index contributed by atoms with van der Waals surface area (Å²) in [6.07, 6.45) is 0.177. The maximum atomic E-state index is 10.9. The highest BCUT2D eigenvalue weighted by Gasteiger charge is 2.29. The lowest BCUT2D eigenvalue weighted by Gasteiger charge is -2.39. The van der Waals surface area contributed by atoms with Gasteiger partial charge in [0, 0.05) is 30.2 Å². The van der Waals surface area contributed by atoms with Crippen molar-refractivity contribution in [2.45, 2.75) is 19.6 Å². The van der Waals surface area contributed by atoms with Gasteiger partial charge in [-0.2, -0.15) is 0 Å². The van der Waals surface area contributed by atoms with Crippen LogP contribution in [0.3, 0.4) is 0 Å². The monoisotopic (exact) mass is 360 g/mol. The Labute approximate surface area is 152 Å². The van der Waals surface area contributed by atoms with Crippen LogP contribution in [-0.2, 0) is 11.3 Å². The smallest absolute Gasteiger partial charge is 0.255 e. The number of carbonyl (C=O) groups is 1. The average Bonchev–Trinajstić information content (AvgIpc) is 2.52. The molecule has 0 radical (unpaired) electrons. The van der Waals surface area contributed by atoms with E-state index in [2.05, 4.69) is 4.90 Å². The number of amides is 1. The van der Waals surface area contributed by atoms with E-state index in [0.717, 1.165) is 24.4 Å². The molecule has 0 saturated carbocycles. The first-order chi connectivity index (χ1) is 12.0. The standard InChI is InChI=1S/C19H21ClN2O3/c1-13-3-2-4-16(7-13)25-17-10-22(11-17)9-14-8-15(20)5-6-18(14)24-12-19(21)23/h2-8,17H,9-12H2,1H3,(H2,21,23). The van der Waals surface area contributed by atoms with Gasteiger partial charge in [0.25, 0.3) is 5.91 Å². The summed E-state index contributed by atoms with van der Waals surface area (Å²) in [6.45, 7) is 4.24. The lowest BCUT2D eigenvalue weighted by molar-refractivity contribution is -0.119. The summed E-state index contributed by atoms with van der Waals surface area (Å²) in [5, 5.41) is 0.634. The molecule has 2 N–H and O–H groups in total. The Morgan fingerprint density at radius 3 is 2.80 bits per heavy atom. The van der Waals surface area contributed by atoms with Crippen molar-refractivity contribution < 1.29 is 14.3 Å². The van der Waals surface area contributed by atoms with E-state index in [1.54, 1.807) is 12.1 Å². The highest BCUT2D eigenvalue weighted by Crippen LogP contribution is 2.27. The number of hydrogen-bond donors (Lipinski definition) is 1. The maximum absolute atomic E-state index is 10.9. The summed E-state index contributed by atoms with van der Waals surface area (Å²) >= 11 is 6.08. The molecule has 0 bridgehead atoms. The van der Waals surface area contributed by atoms with Crippen molar-refractivity contribution in [3.63, 3.8) is 0 Å². The molecule has 132 valence electrons. The molecule has 1 saturated heterocycles. The van der Waals surface area contributed by atoms with Gasteiger partial charge in [0.05, 0.1) is 0 Å². The van der Waals surface area contributed by atoms with E-state index in [-0.39, 0.29) is 12.7 Å². The average molecular weight is 361 g/mol. The Balaban J connectivity index is 1.55. The number of halogens is 1. The van der Waals surface area contributed by atoms with E-state index >= 15 is 0 Å². The number of hydrogen-bond acceptors (Lipinski definition) is 4. The first-order valence-corrected chi connectivity index (χ1v) is 8.52. The third kappa shape index (κ3) is 4.87. The van der Waals surface area contributed by atoms with Crippen molar-refractivity contribution in [3.05, 3.63) is 58.6 Å². The van der Waals surface area contributed by atoms with Crippen LogP contribution in [0.1, 0.15) is 11.1 Å². The Morgan fingerprint density at radius 2 is 2.08 bits per heavy atom. The molecule has 1 heterocycles. The lowest BCUT2D eigenvalue weighted by Crippen LogP contribution is -2.53. The lowest BCUT2D eigenvalue weighted by atomic mass is 10.1. The van der Waals surface area contributed by atoms with Gasteiger partial charge >= 0.3 is 0 Å². The first kappa shape index (κ1) is 17.6. The molecule has 1 aliphatic rings. The van der Waals surface area contributed by atoms with E-state index < -0.39 is 5.91 Å². The number of ether oxygens (including phenoxy) is 2. The number of primary amides is 1. The summed E-state index contributed by atoms with van der Waals surface area (Å²) in [7, 11) is 0. The second-order valence-electron chi connectivity index (χ2n) is 6.26. The Hall–Kier alpha value is -2.24. The minimum atomic E-state index is -0.503. The van der Waals surface area contributed by atoms with Crippen molar-refractivity contribution >= 4 is 17.5 Å². The molecule has 6 heteroatoms. The van der Waals surface area contributed by atoms with Gasteiger partial charge in [-0.15, -0.1) is 0 Å². The molecule has 0 unspecified atom stereocenters.